The first kappa shape index (κ1) is 36.7. The number of ether oxygens (including phenoxy) is 1. The molecule has 1 aliphatic heterocycles. The van der Waals surface area contributed by atoms with Crippen LogP contribution in [0.5, 0.6) is 5.75 Å². The lowest BCUT2D eigenvalue weighted by Crippen LogP contribution is -2.43. The number of hydrogen-bond donors (Lipinski definition) is 3. The van der Waals surface area contributed by atoms with E-state index in [4.69, 9.17) is 25.3 Å². The summed E-state index contributed by atoms with van der Waals surface area (Å²) < 4.78 is 31.3. The molecular formula is C33H54N5O6P. The molecule has 1 saturated heterocycles. The van der Waals surface area contributed by atoms with E-state index in [2.05, 4.69) is 17.2 Å². The molecule has 2 aromatic rings. The van der Waals surface area contributed by atoms with Crippen molar-refractivity contribution < 1.29 is 23.1 Å². The molecule has 0 saturated carbocycles. The highest BCUT2D eigenvalue weighted by molar-refractivity contribution is 7.54. The zero-order valence-corrected chi connectivity index (χ0v) is 27.9. The molecule has 5 N–H and O–H groups in total. The highest BCUT2D eigenvalue weighted by atomic mass is 31.2. The van der Waals surface area contributed by atoms with Crippen molar-refractivity contribution >= 4 is 19.3 Å². The van der Waals surface area contributed by atoms with Crippen LogP contribution in [0, 0.1) is 0 Å². The van der Waals surface area contributed by atoms with Gasteiger partial charge in [-0.25, -0.2) is 9.36 Å². The first-order valence-electron chi connectivity index (χ1n) is 16.8. The molecule has 3 atom stereocenters. The number of aromatic nitrogens is 2. The topological polar surface area (TPSA) is 161 Å². The summed E-state index contributed by atoms with van der Waals surface area (Å²) in [5.74, 6) is 0.126. The number of primary amides is 1. The van der Waals surface area contributed by atoms with Gasteiger partial charge in [0.05, 0.1) is 19.2 Å². The molecule has 1 amide bonds. The van der Waals surface area contributed by atoms with Crippen molar-refractivity contribution in [2.24, 2.45) is 5.73 Å². The zero-order valence-electron chi connectivity index (χ0n) is 27.0. The minimum atomic E-state index is -3.53. The summed E-state index contributed by atoms with van der Waals surface area (Å²) >= 11 is 0. The number of carbonyl (C=O) groups excluding carboxylic acids is 1. The number of hydrogen-bond acceptors (Lipinski definition) is 9. The second kappa shape index (κ2) is 20.4. The SMILES string of the molecule is CCCCCCCCCCCCCCCCN[C@@H](Cc1ccc(OP2(=O)CO[C@@H](Cn3ccc(N)nc3=O)CO2)cc1)C(N)=O. The fraction of sp³-hybridized carbons (Fsp3) is 0.667. The summed E-state index contributed by atoms with van der Waals surface area (Å²) in [4.78, 5) is 27.7. The Labute approximate surface area is 268 Å². The van der Waals surface area contributed by atoms with Gasteiger partial charge in [0.25, 0.3) is 0 Å². The molecule has 1 aromatic carbocycles. The van der Waals surface area contributed by atoms with Gasteiger partial charge in [-0.3, -0.25) is 13.9 Å². The third kappa shape index (κ3) is 14.5. The van der Waals surface area contributed by atoms with E-state index in [9.17, 15) is 14.2 Å². The predicted molar refractivity (Wildman–Crippen MR) is 178 cm³/mol. The quantitative estimate of drug-likeness (QED) is 0.0980. The molecule has 0 bridgehead atoms. The van der Waals surface area contributed by atoms with Crippen LogP contribution in [0.1, 0.15) is 102 Å². The normalized spacial score (nSPS) is 18.9. The van der Waals surface area contributed by atoms with E-state index in [1.54, 1.807) is 12.1 Å². The maximum atomic E-state index is 13.0. The molecule has 12 heteroatoms. The minimum Gasteiger partial charge on any atom is -0.423 e. The van der Waals surface area contributed by atoms with Crippen LogP contribution in [0.25, 0.3) is 0 Å². The first-order chi connectivity index (χ1) is 21.8. The monoisotopic (exact) mass is 647 g/mol. The summed E-state index contributed by atoms with van der Waals surface area (Å²) in [6.07, 6.45) is 19.6. The number of unbranched alkanes of at least 4 members (excludes halogenated alkanes) is 13. The lowest BCUT2D eigenvalue weighted by atomic mass is 10.0. The van der Waals surface area contributed by atoms with Gasteiger partial charge in [0, 0.05) is 6.20 Å². The van der Waals surface area contributed by atoms with Crippen molar-refractivity contribution in [3.05, 3.63) is 52.6 Å². The standard InChI is InChI=1S/C33H54N5O6P/c1-2-3-4-5-6-7-8-9-10-11-12-13-14-15-21-36-30(32(35)39)23-27-16-18-28(19-17-27)44-45(41)26-42-29(25-43-45)24-38-22-20-31(34)37-33(38)40/h16-20,22,29-30,36H,2-15,21,23-26H2,1H3,(H2,35,39)(H2,34,37,40)/t29-,30-,45?/m0/s1. The molecule has 2 heterocycles. The number of anilines is 1. The second-order valence-corrected chi connectivity index (χ2v) is 14.0. The van der Waals surface area contributed by atoms with Crippen LogP contribution in [-0.4, -0.2) is 47.1 Å². The van der Waals surface area contributed by atoms with Crippen LogP contribution in [0.2, 0.25) is 0 Å². The van der Waals surface area contributed by atoms with Crippen LogP contribution in [0.3, 0.4) is 0 Å². The van der Waals surface area contributed by atoms with Gasteiger partial charge in [-0.15, -0.1) is 0 Å². The highest BCUT2D eigenvalue weighted by Gasteiger charge is 2.35. The van der Waals surface area contributed by atoms with E-state index in [-0.39, 0.29) is 31.2 Å². The number of benzene rings is 1. The van der Waals surface area contributed by atoms with Crippen molar-refractivity contribution in [3.63, 3.8) is 0 Å². The Morgan fingerprint density at radius 2 is 1.60 bits per heavy atom. The van der Waals surface area contributed by atoms with Crippen LogP contribution in [0.15, 0.2) is 41.3 Å². The summed E-state index contributed by atoms with van der Waals surface area (Å²) in [5, 5.41) is 3.31. The molecule has 0 aliphatic carbocycles. The molecule has 0 spiro atoms. The summed E-state index contributed by atoms with van der Waals surface area (Å²) in [5.41, 5.74) is 11.6. The second-order valence-electron chi connectivity index (χ2n) is 12.1. The van der Waals surface area contributed by atoms with Crippen LogP contribution >= 0.6 is 7.60 Å². The first-order valence-corrected chi connectivity index (χ1v) is 18.5. The summed E-state index contributed by atoms with van der Waals surface area (Å²) in [6, 6.07) is 8.07. The number of rotatable bonds is 23. The Hall–Kier alpha value is -2.72. The van der Waals surface area contributed by atoms with E-state index < -0.39 is 25.4 Å². The number of nitrogen functional groups attached to an aromatic ring is 1. The molecule has 1 aromatic heterocycles. The smallest absolute Gasteiger partial charge is 0.404 e. The Balaban J connectivity index is 1.27. The number of amides is 1. The van der Waals surface area contributed by atoms with Gasteiger partial charge in [0.2, 0.25) is 5.91 Å². The molecule has 1 aliphatic rings. The maximum absolute atomic E-state index is 13.0. The molecule has 252 valence electrons. The molecule has 0 radical (unpaired) electrons. The van der Waals surface area contributed by atoms with Crippen molar-refractivity contribution in [3.8, 4) is 5.75 Å². The van der Waals surface area contributed by atoms with E-state index in [0.717, 1.165) is 24.9 Å². The average molecular weight is 648 g/mol. The predicted octanol–water partition coefficient (Wildman–Crippen LogP) is 5.94. The van der Waals surface area contributed by atoms with Gasteiger partial charge in [0.15, 0.2) is 6.35 Å². The number of nitrogens with two attached hydrogens (primary N) is 2. The van der Waals surface area contributed by atoms with E-state index in [1.165, 1.54) is 93.9 Å². The summed E-state index contributed by atoms with van der Waals surface area (Å²) in [6.45, 7) is 3.20. The van der Waals surface area contributed by atoms with Gasteiger partial charge in [-0.1, -0.05) is 103 Å². The molecule has 1 fully saturated rings. The lowest BCUT2D eigenvalue weighted by molar-refractivity contribution is -0.120. The number of nitrogens with one attached hydrogen (secondary N) is 1. The Kier molecular flexibility index (Phi) is 16.7. The van der Waals surface area contributed by atoms with Crippen LogP contribution < -0.4 is 27.0 Å². The van der Waals surface area contributed by atoms with Crippen molar-refractivity contribution in [2.45, 2.75) is 122 Å². The molecule has 3 rings (SSSR count). The molecule has 1 unspecified atom stereocenters. The van der Waals surface area contributed by atoms with Gasteiger partial charge in [-0.05, 0) is 43.1 Å². The van der Waals surface area contributed by atoms with E-state index >= 15 is 0 Å². The van der Waals surface area contributed by atoms with Gasteiger partial charge in [0.1, 0.15) is 17.7 Å². The van der Waals surface area contributed by atoms with Crippen LogP contribution in [-0.2, 0) is 31.6 Å². The summed E-state index contributed by atoms with van der Waals surface area (Å²) in [7, 11) is -3.53. The molecule has 45 heavy (non-hydrogen) atoms. The van der Waals surface area contributed by atoms with Gasteiger partial charge >= 0.3 is 13.3 Å². The molecular weight excluding hydrogens is 593 g/mol. The third-order valence-corrected chi connectivity index (χ3v) is 9.59. The van der Waals surface area contributed by atoms with Crippen molar-refractivity contribution in [1.82, 2.24) is 14.9 Å². The number of carbonyl (C=O) groups is 1. The van der Waals surface area contributed by atoms with Gasteiger partial charge in [-0.2, -0.15) is 4.98 Å². The van der Waals surface area contributed by atoms with Crippen molar-refractivity contribution in [1.29, 1.82) is 0 Å². The Bertz CT molecular complexity index is 1230. The highest BCUT2D eigenvalue weighted by Crippen LogP contribution is 2.50. The Morgan fingerprint density at radius 3 is 2.13 bits per heavy atom. The largest absolute Gasteiger partial charge is 0.423 e. The zero-order chi connectivity index (χ0) is 32.3. The Morgan fingerprint density at radius 1 is 1.00 bits per heavy atom. The van der Waals surface area contributed by atoms with Crippen LogP contribution in [0.4, 0.5) is 5.82 Å². The third-order valence-electron chi connectivity index (χ3n) is 8.09. The lowest BCUT2D eigenvalue weighted by Gasteiger charge is -2.29. The van der Waals surface area contributed by atoms with Crippen molar-refractivity contribution in [2.75, 3.05) is 25.2 Å². The van der Waals surface area contributed by atoms with E-state index in [1.807, 2.05) is 12.1 Å². The van der Waals surface area contributed by atoms with Gasteiger partial charge < -0.3 is 26.0 Å². The minimum absolute atomic E-state index is 0.00253. The average Bonchev–Trinajstić information content (AvgIpc) is 3.01. The maximum Gasteiger partial charge on any atom is 0.404 e. The molecule has 11 nitrogen and oxygen atoms in total. The fourth-order valence-corrected chi connectivity index (χ4v) is 6.80. The number of nitrogens with zero attached hydrogens (tertiary/aromatic N) is 2. The fourth-order valence-electron chi connectivity index (χ4n) is 5.39. The van der Waals surface area contributed by atoms with E-state index in [0.29, 0.717) is 12.2 Å².